The van der Waals surface area contributed by atoms with E-state index in [4.69, 9.17) is 5.73 Å². The summed E-state index contributed by atoms with van der Waals surface area (Å²) in [5.74, 6) is 2.74. The van der Waals surface area contributed by atoms with Crippen molar-refractivity contribution in [3.05, 3.63) is 0 Å². The molecule has 2 aliphatic rings. The van der Waals surface area contributed by atoms with Gasteiger partial charge in [0.2, 0.25) is 0 Å². The van der Waals surface area contributed by atoms with Gasteiger partial charge in [0.1, 0.15) is 0 Å². The molecule has 2 saturated heterocycles. The minimum atomic E-state index is 0.803. The van der Waals surface area contributed by atoms with Crippen molar-refractivity contribution in [2.45, 2.75) is 50.6 Å². The van der Waals surface area contributed by atoms with Crippen LogP contribution in [-0.2, 0) is 0 Å². The van der Waals surface area contributed by atoms with E-state index in [1.807, 2.05) is 0 Å². The minimum Gasteiger partial charge on any atom is -0.330 e. The highest BCUT2D eigenvalue weighted by Gasteiger charge is 2.29. The molecule has 0 spiro atoms. The first-order chi connectivity index (χ1) is 7.42. The Morgan fingerprint density at radius 2 is 1.93 bits per heavy atom. The monoisotopic (exact) mass is 228 g/mol. The number of likely N-dealkylation sites (tertiary alicyclic amines) is 1. The molecular formula is C12H24N2S. The lowest BCUT2D eigenvalue weighted by molar-refractivity contribution is 0.0850. The maximum atomic E-state index is 5.72. The van der Waals surface area contributed by atoms with Crippen molar-refractivity contribution in [1.82, 2.24) is 4.90 Å². The summed E-state index contributed by atoms with van der Waals surface area (Å²) in [4.78, 5) is 2.79. The van der Waals surface area contributed by atoms with E-state index in [-0.39, 0.29) is 0 Å². The topological polar surface area (TPSA) is 29.3 Å². The van der Waals surface area contributed by atoms with Gasteiger partial charge in [0.25, 0.3) is 0 Å². The van der Waals surface area contributed by atoms with Gasteiger partial charge in [0.15, 0.2) is 0 Å². The highest BCUT2D eigenvalue weighted by Crippen LogP contribution is 2.28. The normalized spacial score (nSPS) is 30.6. The van der Waals surface area contributed by atoms with Crippen LogP contribution in [0.25, 0.3) is 0 Å². The number of rotatable bonds is 3. The maximum absolute atomic E-state index is 5.72. The van der Waals surface area contributed by atoms with E-state index in [9.17, 15) is 0 Å². The smallest absolute Gasteiger partial charge is 0.0114 e. The van der Waals surface area contributed by atoms with Crippen molar-refractivity contribution in [2.75, 3.05) is 24.6 Å². The van der Waals surface area contributed by atoms with Crippen LogP contribution in [0.2, 0.25) is 0 Å². The molecule has 0 aliphatic carbocycles. The van der Waals surface area contributed by atoms with Crippen molar-refractivity contribution < 1.29 is 0 Å². The van der Waals surface area contributed by atoms with Crippen LogP contribution in [-0.4, -0.2) is 41.6 Å². The van der Waals surface area contributed by atoms with Gasteiger partial charge < -0.3 is 5.73 Å². The van der Waals surface area contributed by atoms with Crippen LogP contribution in [0, 0.1) is 0 Å². The Labute approximate surface area is 98.0 Å². The second-order valence-corrected chi connectivity index (χ2v) is 6.03. The summed E-state index contributed by atoms with van der Waals surface area (Å²) in [5, 5.41) is 0. The Bertz CT molecular complexity index is 168. The zero-order valence-electron chi connectivity index (χ0n) is 9.66. The Morgan fingerprint density at radius 1 is 1.13 bits per heavy atom. The highest BCUT2D eigenvalue weighted by atomic mass is 32.2. The number of piperidine rings is 1. The molecule has 88 valence electrons. The number of thioether (sulfide) groups is 1. The zero-order valence-corrected chi connectivity index (χ0v) is 10.5. The van der Waals surface area contributed by atoms with Gasteiger partial charge in [-0.05, 0) is 56.7 Å². The fraction of sp³-hybridized carbons (Fsp3) is 1.00. The van der Waals surface area contributed by atoms with Crippen molar-refractivity contribution >= 4 is 11.8 Å². The molecule has 0 aromatic carbocycles. The second kappa shape index (κ2) is 6.12. The van der Waals surface area contributed by atoms with Gasteiger partial charge >= 0.3 is 0 Å². The van der Waals surface area contributed by atoms with E-state index in [0.717, 1.165) is 18.6 Å². The maximum Gasteiger partial charge on any atom is 0.0114 e. The summed E-state index contributed by atoms with van der Waals surface area (Å²) in [5.41, 5.74) is 5.72. The molecule has 1 unspecified atom stereocenters. The van der Waals surface area contributed by atoms with Gasteiger partial charge in [-0.15, -0.1) is 0 Å². The molecule has 0 radical (unpaired) electrons. The first-order valence-corrected chi connectivity index (χ1v) is 7.61. The standard InChI is InChI=1S/C12H24N2S/c13-7-4-11-3-1-2-8-14(11)12-5-9-15-10-6-12/h11-12H,1-10,13H2. The van der Waals surface area contributed by atoms with Gasteiger partial charge in [0, 0.05) is 12.1 Å². The molecule has 15 heavy (non-hydrogen) atoms. The van der Waals surface area contributed by atoms with Gasteiger partial charge in [-0.2, -0.15) is 11.8 Å². The first kappa shape index (κ1) is 11.7. The van der Waals surface area contributed by atoms with E-state index in [1.54, 1.807) is 0 Å². The van der Waals surface area contributed by atoms with E-state index in [0.29, 0.717) is 0 Å². The molecule has 0 saturated carbocycles. The fourth-order valence-electron chi connectivity index (χ4n) is 3.02. The van der Waals surface area contributed by atoms with E-state index in [2.05, 4.69) is 16.7 Å². The average Bonchev–Trinajstić information content (AvgIpc) is 2.31. The summed E-state index contributed by atoms with van der Waals surface area (Å²) < 4.78 is 0. The summed E-state index contributed by atoms with van der Waals surface area (Å²) in [6.07, 6.45) is 8.25. The van der Waals surface area contributed by atoms with Gasteiger partial charge in [-0.1, -0.05) is 6.42 Å². The lowest BCUT2D eigenvalue weighted by atomic mass is 9.95. The Hall–Kier alpha value is 0.270. The van der Waals surface area contributed by atoms with E-state index >= 15 is 0 Å². The summed E-state index contributed by atoms with van der Waals surface area (Å²) in [7, 11) is 0. The summed E-state index contributed by atoms with van der Waals surface area (Å²) in [6.45, 7) is 2.20. The molecule has 2 fully saturated rings. The molecule has 3 heteroatoms. The highest BCUT2D eigenvalue weighted by molar-refractivity contribution is 7.99. The quantitative estimate of drug-likeness (QED) is 0.802. The summed E-state index contributed by atoms with van der Waals surface area (Å²) in [6, 6.07) is 1.68. The van der Waals surface area contributed by atoms with Gasteiger partial charge in [-0.25, -0.2) is 0 Å². The predicted molar refractivity (Wildman–Crippen MR) is 68.4 cm³/mol. The third-order valence-corrected chi connectivity index (χ3v) is 4.88. The third kappa shape index (κ3) is 3.11. The second-order valence-electron chi connectivity index (χ2n) is 4.81. The van der Waals surface area contributed by atoms with Crippen molar-refractivity contribution in [3.8, 4) is 0 Å². The van der Waals surface area contributed by atoms with Crippen LogP contribution < -0.4 is 5.73 Å². The van der Waals surface area contributed by atoms with Crippen molar-refractivity contribution in [2.24, 2.45) is 5.73 Å². The van der Waals surface area contributed by atoms with Crippen LogP contribution in [0.3, 0.4) is 0 Å². The SMILES string of the molecule is NCCC1CCCCN1C1CCSCC1. The molecule has 2 rings (SSSR count). The van der Waals surface area contributed by atoms with Crippen LogP contribution in [0.4, 0.5) is 0 Å². The largest absolute Gasteiger partial charge is 0.330 e. The molecule has 0 aromatic heterocycles. The van der Waals surface area contributed by atoms with Crippen LogP contribution in [0.5, 0.6) is 0 Å². The molecule has 0 amide bonds. The molecule has 1 atom stereocenters. The first-order valence-electron chi connectivity index (χ1n) is 6.45. The minimum absolute atomic E-state index is 0.803. The number of nitrogens with zero attached hydrogens (tertiary/aromatic N) is 1. The zero-order chi connectivity index (χ0) is 10.5. The van der Waals surface area contributed by atoms with Crippen molar-refractivity contribution in [1.29, 1.82) is 0 Å². The van der Waals surface area contributed by atoms with Crippen molar-refractivity contribution in [3.63, 3.8) is 0 Å². The molecular weight excluding hydrogens is 204 g/mol. The van der Waals surface area contributed by atoms with E-state index in [1.165, 1.54) is 56.6 Å². The van der Waals surface area contributed by atoms with E-state index < -0.39 is 0 Å². The molecule has 0 bridgehead atoms. The number of nitrogens with two attached hydrogens (primary N) is 1. The summed E-state index contributed by atoms with van der Waals surface area (Å²) >= 11 is 2.13. The Morgan fingerprint density at radius 3 is 2.67 bits per heavy atom. The lowest BCUT2D eigenvalue weighted by Gasteiger charge is -2.42. The van der Waals surface area contributed by atoms with Crippen LogP contribution in [0.1, 0.15) is 38.5 Å². The molecule has 2 aliphatic heterocycles. The lowest BCUT2D eigenvalue weighted by Crippen LogP contribution is -2.48. The predicted octanol–water partition coefficient (Wildman–Crippen LogP) is 2.09. The Kier molecular flexibility index (Phi) is 4.79. The fourth-order valence-corrected chi connectivity index (χ4v) is 4.10. The van der Waals surface area contributed by atoms with Crippen LogP contribution >= 0.6 is 11.8 Å². The van der Waals surface area contributed by atoms with Gasteiger partial charge in [0.05, 0.1) is 0 Å². The number of hydrogen-bond acceptors (Lipinski definition) is 3. The molecule has 2 nitrogen and oxygen atoms in total. The van der Waals surface area contributed by atoms with Gasteiger partial charge in [-0.3, -0.25) is 4.90 Å². The molecule has 2 N–H and O–H groups in total. The number of hydrogen-bond donors (Lipinski definition) is 1. The third-order valence-electron chi connectivity index (χ3n) is 3.83. The average molecular weight is 228 g/mol. The molecule has 2 heterocycles. The van der Waals surface area contributed by atoms with Crippen LogP contribution in [0.15, 0.2) is 0 Å². The Balaban J connectivity index is 1.90. The molecule has 0 aromatic rings.